The Morgan fingerprint density at radius 2 is 2.07 bits per heavy atom. The topological polar surface area (TPSA) is 90.5 Å². The molecule has 5 rings (SSSR count). The van der Waals surface area contributed by atoms with Crippen LogP contribution < -0.4 is 16.0 Å². The Morgan fingerprint density at radius 1 is 1.22 bits per heavy atom. The van der Waals surface area contributed by atoms with Crippen molar-refractivity contribution in [2.75, 3.05) is 13.1 Å². The number of hydrogen-bond acceptors (Lipinski definition) is 5. The number of nitrogens with one attached hydrogen (secondary N) is 3. The largest absolute Gasteiger partial charge is 0.322 e. The van der Waals surface area contributed by atoms with Crippen LogP contribution in [0.2, 0.25) is 0 Å². The third-order valence-corrected chi connectivity index (χ3v) is 6.67. The molecule has 1 aromatic rings. The van der Waals surface area contributed by atoms with E-state index in [0.29, 0.717) is 30.0 Å². The lowest BCUT2D eigenvalue weighted by Crippen LogP contribution is -2.52. The predicted octanol–water partition coefficient (Wildman–Crippen LogP) is 0.289. The molecular weight excluding hydrogens is 344 g/mol. The summed E-state index contributed by atoms with van der Waals surface area (Å²) in [5.41, 5.74) is 3.26. The van der Waals surface area contributed by atoms with Crippen molar-refractivity contribution in [3.63, 3.8) is 0 Å². The van der Waals surface area contributed by atoms with Crippen LogP contribution in [0.15, 0.2) is 18.2 Å². The Bertz CT molecular complexity index is 833. The highest BCUT2D eigenvalue weighted by molar-refractivity contribution is 6.05. The molecule has 0 radical (unpaired) electrons. The van der Waals surface area contributed by atoms with E-state index in [1.54, 1.807) is 4.90 Å². The Kier molecular flexibility index (Phi) is 3.84. The van der Waals surface area contributed by atoms with Crippen LogP contribution in [0.25, 0.3) is 0 Å². The molecule has 2 saturated heterocycles. The highest BCUT2D eigenvalue weighted by Gasteiger charge is 2.52. The minimum Gasteiger partial charge on any atom is -0.322 e. The van der Waals surface area contributed by atoms with E-state index in [4.69, 9.17) is 0 Å². The molecule has 3 heterocycles. The summed E-state index contributed by atoms with van der Waals surface area (Å²) < 4.78 is 0. The number of amides is 3. The lowest BCUT2D eigenvalue weighted by atomic mass is 9.99. The highest BCUT2D eigenvalue weighted by Crippen LogP contribution is 2.50. The van der Waals surface area contributed by atoms with Gasteiger partial charge in [-0.2, -0.15) is 0 Å². The quantitative estimate of drug-likeness (QED) is 0.665. The van der Waals surface area contributed by atoms with Gasteiger partial charge in [-0.3, -0.25) is 19.7 Å². The first-order valence-electron chi connectivity index (χ1n) is 9.77. The minimum absolute atomic E-state index is 0.109. The first-order valence-corrected chi connectivity index (χ1v) is 9.77. The Balaban J connectivity index is 1.33. The number of hydrogen-bond donors (Lipinski definition) is 3. The summed E-state index contributed by atoms with van der Waals surface area (Å²) in [6.45, 7) is 3.26. The zero-order valence-electron chi connectivity index (χ0n) is 15.2. The fraction of sp³-hybridized carbons (Fsp3) is 0.550. The predicted molar refractivity (Wildman–Crippen MR) is 97.7 cm³/mol. The van der Waals surface area contributed by atoms with Crippen molar-refractivity contribution in [1.82, 2.24) is 20.9 Å². The van der Waals surface area contributed by atoms with Gasteiger partial charge in [-0.15, -0.1) is 0 Å². The van der Waals surface area contributed by atoms with Gasteiger partial charge in [0.05, 0.1) is 0 Å². The number of piperidine rings is 1. The smallest absolute Gasteiger partial charge is 0.255 e. The third-order valence-electron chi connectivity index (χ3n) is 6.67. The summed E-state index contributed by atoms with van der Waals surface area (Å²) in [4.78, 5) is 38.1. The molecule has 7 heteroatoms. The van der Waals surface area contributed by atoms with Gasteiger partial charge in [-0.25, -0.2) is 0 Å². The van der Waals surface area contributed by atoms with Crippen molar-refractivity contribution in [1.29, 1.82) is 0 Å². The normalized spacial score (nSPS) is 28.6. The van der Waals surface area contributed by atoms with Crippen molar-refractivity contribution in [3.8, 4) is 0 Å². The molecule has 1 saturated carbocycles. The molecule has 1 aliphatic carbocycles. The minimum atomic E-state index is -0.558. The number of carbonyl (C=O) groups excluding carboxylic acids is 3. The fourth-order valence-corrected chi connectivity index (χ4v) is 4.83. The molecule has 1 aromatic carbocycles. The van der Waals surface area contributed by atoms with Gasteiger partial charge in [0, 0.05) is 44.2 Å². The van der Waals surface area contributed by atoms with Crippen LogP contribution in [-0.4, -0.2) is 47.8 Å². The summed E-state index contributed by atoms with van der Waals surface area (Å²) in [6.07, 6.45) is 3.24. The van der Waals surface area contributed by atoms with Crippen LogP contribution >= 0.6 is 0 Å². The van der Waals surface area contributed by atoms with Gasteiger partial charge in [-0.1, -0.05) is 12.1 Å². The monoisotopic (exact) mass is 368 g/mol. The van der Waals surface area contributed by atoms with Crippen molar-refractivity contribution in [2.45, 2.75) is 50.9 Å². The number of benzene rings is 1. The van der Waals surface area contributed by atoms with Gasteiger partial charge in [-0.05, 0) is 41.9 Å². The van der Waals surface area contributed by atoms with Gasteiger partial charge in [0.15, 0.2) is 0 Å². The lowest BCUT2D eigenvalue weighted by Gasteiger charge is -2.29. The van der Waals surface area contributed by atoms with Crippen LogP contribution in [0.4, 0.5) is 0 Å². The van der Waals surface area contributed by atoms with Gasteiger partial charge in [0.1, 0.15) is 6.04 Å². The van der Waals surface area contributed by atoms with E-state index in [0.717, 1.165) is 30.8 Å². The van der Waals surface area contributed by atoms with Crippen molar-refractivity contribution < 1.29 is 14.4 Å². The van der Waals surface area contributed by atoms with Crippen LogP contribution in [0.1, 0.15) is 47.2 Å². The standard InChI is InChI=1S/C20H24N4O3/c25-17-5-4-15(18(26)23-17)24-10-14-12(2-1-3-13(14)19(24)27)8-22-16-9-21-11-20(16)6-7-20/h1-3,15-16,21-22H,4-11H2,(H,23,25,26). The van der Waals surface area contributed by atoms with Gasteiger partial charge in [0.25, 0.3) is 5.91 Å². The molecular formula is C20H24N4O3. The second-order valence-corrected chi connectivity index (χ2v) is 8.27. The van der Waals surface area contributed by atoms with Crippen molar-refractivity contribution in [3.05, 3.63) is 34.9 Å². The van der Waals surface area contributed by atoms with Crippen LogP contribution in [-0.2, 0) is 22.7 Å². The second-order valence-electron chi connectivity index (χ2n) is 8.27. The fourth-order valence-electron chi connectivity index (χ4n) is 4.83. The molecule has 3 N–H and O–H groups in total. The SMILES string of the molecule is O=C1CCC(N2Cc3c(CNC4CNCC45CC5)cccc3C2=O)C(=O)N1. The van der Waals surface area contributed by atoms with E-state index in [1.165, 1.54) is 12.8 Å². The maximum absolute atomic E-state index is 12.9. The average Bonchev–Trinajstić information content (AvgIpc) is 3.20. The number of nitrogens with zero attached hydrogens (tertiary/aromatic N) is 1. The second kappa shape index (κ2) is 6.14. The molecule has 3 amide bonds. The number of carbonyl (C=O) groups is 3. The van der Waals surface area contributed by atoms with E-state index in [9.17, 15) is 14.4 Å². The third kappa shape index (κ3) is 2.76. The number of rotatable bonds is 4. The van der Waals surface area contributed by atoms with Gasteiger partial charge < -0.3 is 15.5 Å². The number of imide groups is 1. The molecule has 0 aromatic heterocycles. The molecule has 7 nitrogen and oxygen atoms in total. The summed E-state index contributed by atoms with van der Waals surface area (Å²) in [5.74, 6) is -0.730. The van der Waals surface area contributed by atoms with Crippen molar-refractivity contribution >= 4 is 17.7 Å². The Morgan fingerprint density at radius 3 is 2.85 bits per heavy atom. The van der Waals surface area contributed by atoms with E-state index in [2.05, 4.69) is 22.0 Å². The maximum atomic E-state index is 12.9. The molecule has 4 aliphatic rings. The lowest BCUT2D eigenvalue weighted by molar-refractivity contribution is -0.136. The highest BCUT2D eigenvalue weighted by atomic mass is 16.2. The molecule has 3 aliphatic heterocycles. The van der Waals surface area contributed by atoms with E-state index >= 15 is 0 Å². The molecule has 142 valence electrons. The van der Waals surface area contributed by atoms with Gasteiger partial charge >= 0.3 is 0 Å². The maximum Gasteiger partial charge on any atom is 0.255 e. The van der Waals surface area contributed by atoms with Crippen molar-refractivity contribution in [2.24, 2.45) is 5.41 Å². The first-order chi connectivity index (χ1) is 13.1. The van der Waals surface area contributed by atoms with E-state index in [1.807, 2.05) is 12.1 Å². The van der Waals surface area contributed by atoms with Gasteiger partial charge in [0.2, 0.25) is 11.8 Å². The Hall–Kier alpha value is -2.25. The van der Waals surface area contributed by atoms with Crippen LogP contribution in [0.5, 0.6) is 0 Å². The molecule has 0 bridgehead atoms. The molecule has 2 unspecified atom stereocenters. The first kappa shape index (κ1) is 16.9. The summed E-state index contributed by atoms with van der Waals surface area (Å²) in [7, 11) is 0. The zero-order valence-corrected chi connectivity index (χ0v) is 15.2. The van der Waals surface area contributed by atoms with Crippen LogP contribution in [0, 0.1) is 5.41 Å². The molecule has 2 atom stereocenters. The van der Waals surface area contributed by atoms with E-state index in [-0.39, 0.29) is 24.1 Å². The molecule has 1 spiro atoms. The summed E-state index contributed by atoms with van der Waals surface area (Å²) in [5, 5.41) is 9.53. The van der Waals surface area contributed by atoms with E-state index < -0.39 is 6.04 Å². The molecule has 3 fully saturated rings. The number of fused-ring (bicyclic) bond motifs is 1. The summed E-state index contributed by atoms with van der Waals surface area (Å²) >= 11 is 0. The molecule has 27 heavy (non-hydrogen) atoms. The Labute approximate surface area is 157 Å². The van der Waals surface area contributed by atoms with Crippen LogP contribution in [0.3, 0.4) is 0 Å². The zero-order chi connectivity index (χ0) is 18.6. The summed E-state index contributed by atoms with van der Waals surface area (Å²) in [6, 6.07) is 5.75. The average molecular weight is 368 g/mol.